The molecule has 0 spiro atoms. The van der Waals surface area contributed by atoms with Gasteiger partial charge in [-0.2, -0.15) is 0 Å². The zero-order valence-corrected chi connectivity index (χ0v) is 10.7. The smallest absolute Gasteiger partial charge is 0.253 e. The summed E-state index contributed by atoms with van der Waals surface area (Å²) >= 11 is 11.8. The van der Waals surface area contributed by atoms with Crippen LogP contribution in [0.15, 0.2) is 18.2 Å². The Morgan fingerprint density at radius 2 is 2.00 bits per heavy atom. The highest BCUT2D eigenvalue weighted by atomic mass is 35.5. The Balaban J connectivity index is 2.11. The van der Waals surface area contributed by atoms with Crippen LogP contribution < -0.4 is 0 Å². The largest absolute Gasteiger partial charge is 0.506 e. The fourth-order valence-electron chi connectivity index (χ4n) is 1.87. The second-order valence-corrected chi connectivity index (χ2v) is 5.16. The average Bonchev–Trinajstić information content (AvgIpc) is 2.33. The van der Waals surface area contributed by atoms with E-state index in [1.807, 2.05) is 0 Å². The van der Waals surface area contributed by atoms with Gasteiger partial charge in [0.2, 0.25) is 0 Å². The normalized spacial score (nSPS) is 17.2. The number of benzene rings is 1. The van der Waals surface area contributed by atoms with Gasteiger partial charge in [0.15, 0.2) is 0 Å². The third-order valence-electron chi connectivity index (χ3n) is 2.91. The summed E-state index contributed by atoms with van der Waals surface area (Å²) in [6.07, 6.45) is 1.64. The van der Waals surface area contributed by atoms with Crippen molar-refractivity contribution < 1.29 is 9.90 Å². The van der Waals surface area contributed by atoms with E-state index in [2.05, 4.69) is 0 Å². The molecule has 1 fully saturated rings. The van der Waals surface area contributed by atoms with Crippen molar-refractivity contribution in [2.75, 3.05) is 13.1 Å². The molecule has 0 aromatic heterocycles. The Bertz CT molecular complexity index is 429. The lowest BCUT2D eigenvalue weighted by molar-refractivity contribution is 0.0726. The predicted octanol–water partition coefficient (Wildman–Crippen LogP) is 2.89. The fraction of sp³-hybridized carbons (Fsp3) is 0.417. The van der Waals surface area contributed by atoms with Crippen LogP contribution >= 0.6 is 23.2 Å². The van der Waals surface area contributed by atoms with E-state index in [1.165, 1.54) is 12.1 Å². The Hall–Kier alpha value is -0.930. The molecule has 92 valence electrons. The van der Waals surface area contributed by atoms with Crippen molar-refractivity contribution in [1.29, 1.82) is 0 Å². The van der Waals surface area contributed by atoms with Crippen LogP contribution in [-0.2, 0) is 0 Å². The van der Waals surface area contributed by atoms with E-state index in [9.17, 15) is 9.90 Å². The van der Waals surface area contributed by atoms with Gasteiger partial charge in [-0.25, -0.2) is 0 Å². The molecule has 0 saturated carbocycles. The number of aromatic hydroxyl groups is 1. The van der Waals surface area contributed by atoms with Crippen LogP contribution in [0.3, 0.4) is 0 Å². The summed E-state index contributed by atoms with van der Waals surface area (Å²) in [7, 11) is 0. The summed E-state index contributed by atoms with van der Waals surface area (Å²) in [6, 6.07) is 4.51. The molecular weight excluding hydrogens is 261 g/mol. The molecule has 0 radical (unpaired) electrons. The second kappa shape index (κ2) is 5.15. The highest BCUT2D eigenvalue weighted by Crippen LogP contribution is 2.25. The van der Waals surface area contributed by atoms with Gasteiger partial charge in [-0.05, 0) is 31.0 Å². The summed E-state index contributed by atoms with van der Waals surface area (Å²) in [5.74, 6) is -0.0712. The summed E-state index contributed by atoms with van der Waals surface area (Å²) in [4.78, 5) is 13.9. The molecule has 1 N–H and O–H groups in total. The molecular formula is C12H13Cl2NO2. The minimum atomic E-state index is -0.0598. The molecule has 5 heteroatoms. The highest BCUT2D eigenvalue weighted by molar-refractivity contribution is 6.32. The van der Waals surface area contributed by atoms with Crippen LogP contribution in [0.4, 0.5) is 0 Å². The average molecular weight is 274 g/mol. The van der Waals surface area contributed by atoms with Crippen molar-refractivity contribution in [3.63, 3.8) is 0 Å². The van der Waals surface area contributed by atoms with Gasteiger partial charge in [-0.15, -0.1) is 11.6 Å². The quantitative estimate of drug-likeness (QED) is 0.800. The van der Waals surface area contributed by atoms with Crippen molar-refractivity contribution in [3.05, 3.63) is 28.8 Å². The Labute approximate surface area is 110 Å². The zero-order chi connectivity index (χ0) is 12.4. The molecule has 1 aliphatic heterocycles. The van der Waals surface area contributed by atoms with Crippen LogP contribution in [0.1, 0.15) is 23.2 Å². The highest BCUT2D eigenvalue weighted by Gasteiger charge is 2.22. The van der Waals surface area contributed by atoms with Gasteiger partial charge in [0.05, 0.1) is 5.02 Å². The van der Waals surface area contributed by atoms with Crippen molar-refractivity contribution in [3.8, 4) is 5.75 Å². The zero-order valence-electron chi connectivity index (χ0n) is 9.20. The Morgan fingerprint density at radius 1 is 1.35 bits per heavy atom. The van der Waals surface area contributed by atoms with Crippen molar-refractivity contribution in [2.45, 2.75) is 18.2 Å². The van der Waals surface area contributed by atoms with E-state index < -0.39 is 0 Å². The van der Waals surface area contributed by atoms with Gasteiger partial charge >= 0.3 is 0 Å². The number of carbonyl (C=O) groups excluding carboxylic acids is 1. The lowest BCUT2D eigenvalue weighted by Crippen LogP contribution is -2.38. The van der Waals surface area contributed by atoms with E-state index in [4.69, 9.17) is 23.2 Å². The summed E-state index contributed by atoms with van der Waals surface area (Å²) < 4.78 is 0. The first-order valence-electron chi connectivity index (χ1n) is 5.50. The first-order chi connectivity index (χ1) is 8.08. The van der Waals surface area contributed by atoms with Crippen LogP contribution in [0.25, 0.3) is 0 Å². The SMILES string of the molecule is O=C(c1ccc(O)c(Cl)c1)N1CCC(Cl)CC1. The molecule has 0 aliphatic carbocycles. The summed E-state index contributed by atoms with van der Waals surface area (Å²) in [5, 5.41) is 9.66. The fourth-order valence-corrected chi connectivity index (χ4v) is 2.25. The van der Waals surface area contributed by atoms with Crippen LogP contribution in [0.5, 0.6) is 5.75 Å². The number of rotatable bonds is 1. The van der Waals surface area contributed by atoms with Crippen molar-refractivity contribution in [1.82, 2.24) is 4.90 Å². The number of phenols is 1. The molecule has 1 heterocycles. The lowest BCUT2D eigenvalue weighted by Gasteiger charge is -2.29. The second-order valence-electron chi connectivity index (χ2n) is 4.13. The van der Waals surface area contributed by atoms with Crippen LogP contribution in [0, 0.1) is 0 Å². The Kier molecular flexibility index (Phi) is 3.79. The van der Waals surface area contributed by atoms with E-state index in [-0.39, 0.29) is 22.1 Å². The molecule has 1 aromatic carbocycles. The molecule has 1 amide bonds. The van der Waals surface area contributed by atoms with Gasteiger partial charge in [0, 0.05) is 24.0 Å². The van der Waals surface area contributed by atoms with Crippen molar-refractivity contribution >= 4 is 29.1 Å². The van der Waals surface area contributed by atoms with Gasteiger partial charge in [-0.1, -0.05) is 11.6 Å². The van der Waals surface area contributed by atoms with Gasteiger partial charge in [0.1, 0.15) is 5.75 Å². The lowest BCUT2D eigenvalue weighted by atomic mass is 10.1. The number of alkyl halides is 1. The number of phenolic OH excluding ortho intramolecular Hbond substituents is 1. The van der Waals surface area contributed by atoms with E-state index in [0.29, 0.717) is 18.7 Å². The number of carbonyl (C=O) groups is 1. The van der Waals surface area contributed by atoms with E-state index in [1.54, 1.807) is 11.0 Å². The molecule has 1 aromatic rings. The number of nitrogens with zero attached hydrogens (tertiary/aromatic N) is 1. The van der Waals surface area contributed by atoms with Crippen LogP contribution in [-0.4, -0.2) is 34.4 Å². The minimum Gasteiger partial charge on any atom is -0.506 e. The molecule has 17 heavy (non-hydrogen) atoms. The number of halogens is 2. The standard InChI is InChI=1S/C12H13Cl2NO2/c13-9-3-5-15(6-4-9)12(17)8-1-2-11(16)10(14)7-8/h1-2,7,9,16H,3-6H2. The molecule has 0 bridgehead atoms. The molecule has 3 nitrogen and oxygen atoms in total. The van der Waals surface area contributed by atoms with Gasteiger partial charge in [0.25, 0.3) is 5.91 Å². The minimum absolute atomic E-state index is 0.0114. The number of hydrogen-bond acceptors (Lipinski definition) is 2. The molecule has 0 atom stereocenters. The number of piperidine rings is 1. The van der Waals surface area contributed by atoms with Crippen LogP contribution in [0.2, 0.25) is 5.02 Å². The molecule has 2 rings (SSSR count). The molecule has 1 aliphatic rings. The van der Waals surface area contributed by atoms with E-state index in [0.717, 1.165) is 12.8 Å². The topological polar surface area (TPSA) is 40.5 Å². The monoisotopic (exact) mass is 273 g/mol. The van der Waals surface area contributed by atoms with Gasteiger partial charge < -0.3 is 10.0 Å². The predicted molar refractivity (Wildman–Crippen MR) is 67.9 cm³/mol. The third kappa shape index (κ3) is 2.85. The van der Waals surface area contributed by atoms with Crippen molar-refractivity contribution in [2.24, 2.45) is 0 Å². The Morgan fingerprint density at radius 3 is 2.59 bits per heavy atom. The number of likely N-dealkylation sites (tertiary alicyclic amines) is 1. The molecule has 1 saturated heterocycles. The number of amides is 1. The number of hydrogen-bond donors (Lipinski definition) is 1. The maximum absolute atomic E-state index is 12.1. The third-order valence-corrected chi connectivity index (χ3v) is 3.65. The van der Waals surface area contributed by atoms with E-state index >= 15 is 0 Å². The molecule has 0 unspecified atom stereocenters. The summed E-state index contributed by atoms with van der Waals surface area (Å²) in [5.41, 5.74) is 0.501. The van der Waals surface area contributed by atoms with Gasteiger partial charge in [-0.3, -0.25) is 4.79 Å². The first-order valence-corrected chi connectivity index (χ1v) is 6.31. The summed E-state index contributed by atoms with van der Waals surface area (Å²) in [6.45, 7) is 1.34. The maximum atomic E-state index is 12.1. The maximum Gasteiger partial charge on any atom is 0.253 e. The first kappa shape index (κ1) is 12.5.